The molecule has 2 heterocycles. The van der Waals surface area contributed by atoms with E-state index in [0.29, 0.717) is 46.0 Å². The minimum absolute atomic E-state index is 0.234. The number of nitrogens with zero attached hydrogens (tertiary/aromatic N) is 2. The first kappa shape index (κ1) is 18.8. The number of aromatic nitrogens is 2. The fourth-order valence-corrected chi connectivity index (χ4v) is 3.47. The molecule has 0 fully saturated rings. The highest BCUT2D eigenvalue weighted by Gasteiger charge is 2.18. The van der Waals surface area contributed by atoms with Crippen molar-refractivity contribution < 1.29 is 14.3 Å². The normalized spacial score (nSPS) is 10.5. The molecule has 140 valence electrons. The number of thiazole rings is 1. The van der Waals surface area contributed by atoms with E-state index < -0.39 is 0 Å². The molecule has 1 N–H and O–H groups in total. The molecule has 7 heteroatoms. The molecular formula is C20H21N3O3S. The van der Waals surface area contributed by atoms with Gasteiger partial charge in [-0.05, 0) is 45.0 Å². The monoisotopic (exact) mass is 383 g/mol. The number of hydrogen-bond donors (Lipinski definition) is 1. The lowest BCUT2D eigenvalue weighted by Gasteiger charge is -2.13. The standard InChI is InChI=1S/C20H21N3O3S/c1-4-25-14-9-10-17(26-5-2)16(12-14)23-19(24)18-13(3)22-20(27-18)15-8-6-7-11-21-15/h6-12H,4-5H2,1-3H3,(H,23,24). The zero-order valence-corrected chi connectivity index (χ0v) is 16.3. The van der Waals surface area contributed by atoms with E-state index in [4.69, 9.17) is 9.47 Å². The van der Waals surface area contributed by atoms with Gasteiger partial charge in [0.1, 0.15) is 21.4 Å². The molecule has 1 amide bonds. The van der Waals surface area contributed by atoms with Crippen LogP contribution in [0.2, 0.25) is 0 Å². The van der Waals surface area contributed by atoms with Gasteiger partial charge in [-0.1, -0.05) is 6.07 Å². The second kappa shape index (κ2) is 8.64. The Labute approximate surface area is 162 Å². The molecule has 0 radical (unpaired) electrons. The van der Waals surface area contributed by atoms with Crippen molar-refractivity contribution in [1.29, 1.82) is 0 Å². The quantitative estimate of drug-likeness (QED) is 0.647. The molecular weight excluding hydrogens is 362 g/mol. The lowest BCUT2D eigenvalue weighted by Crippen LogP contribution is -2.13. The summed E-state index contributed by atoms with van der Waals surface area (Å²) in [5.74, 6) is 1.04. The van der Waals surface area contributed by atoms with Gasteiger partial charge in [0, 0.05) is 12.3 Å². The summed E-state index contributed by atoms with van der Waals surface area (Å²) < 4.78 is 11.1. The number of rotatable bonds is 7. The van der Waals surface area contributed by atoms with E-state index in [9.17, 15) is 4.79 Å². The minimum atomic E-state index is -0.234. The number of pyridine rings is 1. The Morgan fingerprint density at radius 3 is 2.67 bits per heavy atom. The predicted octanol–water partition coefficient (Wildman–Crippen LogP) is 4.56. The van der Waals surface area contributed by atoms with Gasteiger partial charge in [-0.3, -0.25) is 9.78 Å². The summed E-state index contributed by atoms with van der Waals surface area (Å²) in [5, 5.41) is 3.64. The number of aryl methyl sites for hydroxylation is 1. The third-order valence-corrected chi connectivity index (χ3v) is 4.88. The van der Waals surface area contributed by atoms with Crippen LogP contribution in [0.5, 0.6) is 11.5 Å². The molecule has 3 rings (SSSR count). The first-order valence-corrected chi connectivity index (χ1v) is 9.53. The lowest BCUT2D eigenvalue weighted by molar-refractivity contribution is 0.102. The molecule has 2 aromatic heterocycles. The Morgan fingerprint density at radius 1 is 1.15 bits per heavy atom. The van der Waals surface area contributed by atoms with Gasteiger partial charge in [0.15, 0.2) is 0 Å². The van der Waals surface area contributed by atoms with Gasteiger partial charge in [-0.15, -0.1) is 11.3 Å². The smallest absolute Gasteiger partial charge is 0.267 e. The maximum Gasteiger partial charge on any atom is 0.267 e. The molecule has 0 aliphatic carbocycles. The van der Waals surface area contributed by atoms with Gasteiger partial charge >= 0.3 is 0 Å². The van der Waals surface area contributed by atoms with Gasteiger partial charge in [0.2, 0.25) is 0 Å². The minimum Gasteiger partial charge on any atom is -0.494 e. The highest BCUT2D eigenvalue weighted by atomic mass is 32.1. The van der Waals surface area contributed by atoms with Crippen LogP contribution in [0.1, 0.15) is 29.2 Å². The molecule has 0 aliphatic heterocycles. The molecule has 0 atom stereocenters. The van der Waals surface area contributed by atoms with Crippen LogP contribution in [0.15, 0.2) is 42.6 Å². The molecule has 0 unspecified atom stereocenters. The van der Waals surface area contributed by atoms with Crippen molar-refractivity contribution in [2.45, 2.75) is 20.8 Å². The van der Waals surface area contributed by atoms with E-state index in [1.807, 2.05) is 45.0 Å². The van der Waals surface area contributed by atoms with Gasteiger partial charge in [0.05, 0.1) is 30.3 Å². The maximum atomic E-state index is 12.8. The summed E-state index contributed by atoms with van der Waals surface area (Å²) in [6, 6.07) is 11.0. The molecule has 0 bridgehead atoms. The summed E-state index contributed by atoms with van der Waals surface area (Å²) in [6.45, 7) is 6.67. The molecule has 0 spiro atoms. The Hall–Kier alpha value is -2.93. The van der Waals surface area contributed by atoms with E-state index in [2.05, 4.69) is 15.3 Å². The number of benzene rings is 1. The first-order valence-electron chi connectivity index (χ1n) is 8.72. The third-order valence-electron chi connectivity index (χ3n) is 3.70. The molecule has 0 aliphatic rings. The second-order valence-corrected chi connectivity index (χ2v) is 6.63. The van der Waals surface area contributed by atoms with Crippen molar-refractivity contribution >= 4 is 22.9 Å². The summed E-state index contributed by atoms with van der Waals surface area (Å²) in [7, 11) is 0. The van der Waals surface area contributed by atoms with E-state index in [1.54, 1.807) is 18.3 Å². The Bertz CT molecular complexity index is 925. The number of carbonyl (C=O) groups is 1. The molecule has 6 nitrogen and oxygen atoms in total. The Morgan fingerprint density at radius 2 is 1.96 bits per heavy atom. The zero-order valence-electron chi connectivity index (χ0n) is 15.5. The van der Waals surface area contributed by atoms with E-state index >= 15 is 0 Å². The van der Waals surface area contributed by atoms with Gasteiger partial charge in [-0.2, -0.15) is 0 Å². The number of hydrogen-bond acceptors (Lipinski definition) is 6. The van der Waals surface area contributed by atoms with Crippen molar-refractivity contribution in [2.75, 3.05) is 18.5 Å². The van der Waals surface area contributed by atoms with Crippen molar-refractivity contribution in [3.8, 4) is 22.2 Å². The second-order valence-electron chi connectivity index (χ2n) is 5.63. The third kappa shape index (κ3) is 4.43. The molecule has 3 aromatic rings. The fraction of sp³-hybridized carbons (Fsp3) is 0.250. The first-order chi connectivity index (χ1) is 13.1. The lowest BCUT2D eigenvalue weighted by atomic mass is 10.2. The van der Waals surface area contributed by atoms with Crippen molar-refractivity contribution in [1.82, 2.24) is 9.97 Å². The number of nitrogens with one attached hydrogen (secondary N) is 1. The molecule has 0 saturated carbocycles. The fourth-order valence-electron chi connectivity index (χ4n) is 2.53. The number of amides is 1. The summed E-state index contributed by atoms with van der Waals surface area (Å²) in [4.78, 5) is 22.2. The molecule has 0 saturated heterocycles. The summed E-state index contributed by atoms with van der Waals surface area (Å²) >= 11 is 1.32. The van der Waals surface area contributed by atoms with E-state index in [-0.39, 0.29) is 5.91 Å². The van der Waals surface area contributed by atoms with Gasteiger partial charge < -0.3 is 14.8 Å². The van der Waals surface area contributed by atoms with Crippen LogP contribution in [-0.4, -0.2) is 29.1 Å². The Balaban J connectivity index is 1.87. The SMILES string of the molecule is CCOc1ccc(OCC)c(NC(=O)c2sc(-c3ccccn3)nc2C)c1. The highest BCUT2D eigenvalue weighted by Crippen LogP contribution is 2.32. The van der Waals surface area contributed by atoms with Gasteiger partial charge in [0.25, 0.3) is 5.91 Å². The molecule has 1 aromatic carbocycles. The highest BCUT2D eigenvalue weighted by molar-refractivity contribution is 7.17. The molecule has 27 heavy (non-hydrogen) atoms. The van der Waals surface area contributed by atoms with Gasteiger partial charge in [-0.25, -0.2) is 4.98 Å². The van der Waals surface area contributed by atoms with E-state index in [0.717, 1.165) is 5.69 Å². The number of anilines is 1. The van der Waals surface area contributed by atoms with Crippen LogP contribution < -0.4 is 14.8 Å². The van der Waals surface area contributed by atoms with Crippen LogP contribution in [0.4, 0.5) is 5.69 Å². The zero-order chi connectivity index (χ0) is 19.2. The van der Waals surface area contributed by atoms with Crippen molar-refractivity contribution in [3.05, 3.63) is 53.2 Å². The topological polar surface area (TPSA) is 73.3 Å². The Kier molecular flexibility index (Phi) is 6.03. The van der Waals surface area contributed by atoms with Crippen LogP contribution >= 0.6 is 11.3 Å². The maximum absolute atomic E-state index is 12.8. The average Bonchev–Trinajstić information content (AvgIpc) is 3.07. The van der Waals surface area contributed by atoms with Crippen LogP contribution in [0.3, 0.4) is 0 Å². The largest absolute Gasteiger partial charge is 0.494 e. The summed E-state index contributed by atoms with van der Waals surface area (Å²) in [6.07, 6.45) is 1.71. The van der Waals surface area contributed by atoms with Crippen molar-refractivity contribution in [3.63, 3.8) is 0 Å². The predicted molar refractivity (Wildman–Crippen MR) is 107 cm³/mol. The van der Waals surface area contributed by atoms with Crippen LogP contribution in [-0.2, 0) is 0 Å². The number of ether oxygens (including phenoxy) is 2. The van der Waals surface area contributed by atoms with Crippen LogP contribution in [0.25, 0.3) is 10.7 Å². The summed E-state index contributed by atoms with van der Waals surface area (Å²) in [5.41, 5.74) is 1.98. The van der Waals surface area contributed by atoms with E-state index in [1.165, 1.54) is 11.3 Å². The number of carbonyl (C=O) groups excluding carboxylic acids is 1. The average molecular weight is 383 g/mol. The van der Waals surface area contributed by atoms with Crippen LogP contribution in [0, 0.1) is 6.92 Å². The van der Waals surface area contributed by atoms with Crippen molar-refractivity contribution in [2.24, 2.45) is 0 Å².